The number of benzene rings is 2. The Morgan fingerprint density at radius 1 is 1.25 bits per heavy atom. The van der Waals surface area contributed by atoms with Gasteiger partial charge in [0.2, 0.25) is 15.9 Å². The summed E-state index contributed by atoms with van der Waals surface area (Å²) in [6.07, 6.45) is 0.986. The number of carbonyl (C=O) groups is 1. The molecule has 0 aromatic heterocycles. The predicted octanol–water partition coefficient (Wildman–Crippen LogP) is 3.35. The fourth-order valence-electron chi connectivity index (χ4n) is 2.43. The fraction of sp³-hybridized carbons (Fsp3) is 0.316. The molecule has 2 aromatic carbocycles. The predicted molar refractivity (Wildman–Crippen MR) is 108 cm³/mol. The maximum atomic E-state index is 13.4. The van der Waals surface area contributed by atoms with Crippen LogP contribution >= 0.6 is 11.6 Å². The molecule has 6 nitrogen and oxygen atoms in total. The quantitative estimate of drug-likeness (QED) is 0.699. The Bertz CT molecular complexity index is 951. The molecule has 0 saturated carbocycles. The monoisotopic (exact) mass is 428 g/mol. The Labute approximate surface area is 169 Å². The molecule has 0 spiro atoms. The number of halogens is 2. The summed E-state index contributed by atoms with van der Waals surface area (Å²) in [5, 5.41) is 2.44. The van der Waals surface area contributed by atoms with E-state index in [4.69, 9.17) is 16.3 Å². The van der Waals surface area contributed by atoms with Crippen molar-refractivity contribution in [1.82, 2.24) is 5.32 Å². The summed E-state index contributed by atoms with van der Waals surface area (Å²) in [6.45, 7) is 3.57. The highest BCUT2D eigenvalue weighted by Gasteiger charge is 2.21. The molecular weight excluding hydrogens is 407 g/mol. The van der Waals surface area contributed by atoms with Gasteiger partial charge in [-0.25, -0.2) is 12.8 Å². The number of ether oxygens (including phenoxy) is 1. The number of hydrogen-bond donors (Lipinski definition) is 1. The minimum absolute atomic E-state index is 0.0238. The van der Waals surface area contributed by atoms with Crippen molar-refractivity contribution in [3.8, 4) is 5.75 Å². The first-order valence-corrected chi connectivity index (χ1v) is 10.7. The zero-order valence-corrected chi connectivity index (χ0v) is 17.3. The first kappa shape index (κ1) is 22.0. The average molecular weight is 429 g/mol. The van der Waals surface area contributed by atoms with E-state index in [9.17, 15) is 17.6 Å². The van der Waals surface area contributed by atoms with Crippen LogP contribution in [0, 0.1) is 5.82 Å². The highest BCUT2D eigenvalue weighted by atomic mass is 35.5. The molecule has 0 aliphatic rings. The summed E-state index contributed by atoms with van der Waals surface area (Å²) in [4.78, 5) is 12.3. The highest BCUT2D eigenvalue weighted by molar-refractivity contribution is 7.92. The van der Waals surface area contributed by atoms with E-state index in [0.29, 0.717) is 5.75 Å². The second-order valence-electron chi connectivity index (χ2n) is 6.46. The van der Waals surface area contributed by atoms with E-state index >= 15 is 0 Å². The summed E-state index contributed by atoms with van der Waals surface area (Å²) >= 11 is 5.73. The summed E-state index contributed by atoms with van der Waals surface area (Å²) in [6, 6.07) is 10.7. The van der Waals surface area contributed by atoms with Crippen LogP contribution in [0.1, 0.15) is 19.4 Å². The third kappa shape index (κ3) is 6.38. The van der Waals surface area contributed by atoms with E-state index < -0.39 is 28.3 Å². The SMILES string of the molecule is CC(C)Oc1cccc(CNC(=O)CN(c2ccc(F)c(Cl)c2)S(C)(=O)=O)c1. The molecule has 0 bridgehead atoms. The standard InChI is InChI=1S/C19H22ClFN2O4S/c1-13(2)27-16-6-4-5-14(9-16)11-22-19(24)12-23(28(3,25)26)15-7-8-18(21)17(20)10-15/h4-10,13H,11-12H2,1-3H3,(H,22,24). The minimum atomic E-state index is -3.77. The van der Waals surface area contributed by atoms with Gasteiger partial charge in [-0.1, -0.05) is 23.7 Å². The lowest BCUT2D eigenvalue weighted by Gasteiger charge is -2.22. The van der Waals surface area contributed by atoms with E-state index in [-0.39, 0.29) is 23.4 Å². The maximum Gasteiger partial charge on any atom is 0.241 e. The molecule has 0 saturated heterocycles. The van der Waals surface area contributed by atoms with Crippen LogP contribution in [-0.4, -0.2) is 33.2 Å². The van der Waals surface area contributed by atoms with Gasteiger partial charge >= 0.3 is 0 Å². The van der Waals surface area contributed by atoms with Gasteiger partial charge in [0, 0.05) is 6.54 Å². The van der Waals surface area contributed by atoms with Gasteiger partial charge in [0.1, 0.15) is 18.1 Å². The molecule has 0 heterocycles. The Morgan fingerprint density at radius 2 is 1.96 bits per heavy atom. The van der Waals surface area contributed by atoms with Crippen LogP contribution in [0.2, 0.25) is 5.02 Å². The number of amides is 1. The van der Waals surface area contributed by atoms with E-state index in [1.807, 2.05) is 32.0 Å². The van der Waals surface area contributed by atoms with Gasteiger partial charge in [-0.15, -0.1) is 0 Å². The molecule has 28 heavy (non-hydrogen) atoms. The lowest BCUT2D eigenvalue weighted by atomic mass is 10.2. The van der Waals surface area contributed by atoms with Crippen molar-refractivity contribution in [1.29, 1.82) is 0 Å². The van der Waals surface area contributed by atoms with Crippen LogP contribution in [0.3, 0.4) is 0 Å². The molecule has 0 atom stereocenters. The molecule has 2 aromatic rings. The highest BCUT2D eigenvalue weighted by Crippen LogP contribution is 2.24. The molecule has 2 rings (SSSR count). The van der Waals surface area contributed by atoms with Crippen LogP contribution in [0.4, 0.5) is 10.1 Å². The van der Waals surface area contributed by atoms with Gasteiger partial charge in [-0.2, -0.15) is 0 Å². The molecule has 1 amide bonds. The number of carbonyl (C=O) groups excluding carboxylic acids is 1. The van der Waals surface area contributed by atoms with E-state index in [1.165, 1.54) is 6.07 Å². The molecular formula is C19H22ClFN2O4S. The Balaban J connectivity index is 2.07. The fourth-order valence-corrected chi connectivity index (χ4v) is 3.45. The van der Waals surface area contributed by atoms with E-state index in [0.717, 1.165) is 28.3 Å². The minimum Gasteiger partial charge on any atom is -0.491 e. The molecule has 0 aliphatic heterocycles. The summed E-state index contributed by atoms with van der Waals surface area (Å²) in [5.41, 5.74) is 0.915. The number of nitrogens with zero attached hydrogens (tertiary/aromatic N) is 1. The molecule has 0 radical (unpaired) electrons. The third-order valence-corrected chi connectivity index (χ3v) is 5.07. The van der Waals surface area contributed by atoms with Crippen LogP contribution in [0.5, 0.6) is 5.75 Å². The molecule has 0 fully saturated rings. The third-order valence-electron chi connectivity index (χ3n) is 3.64. The maximum absolute atomic E-state index is 13.4. The first-order chi connectivity index (χ1) is 13.1. The van der Waals surface area contributed by atoms with Crippen LogP contribution in [-0.2, 0) is 21.4 Å². The van der Waals surface area contributed by atoms with Crippen LogP contribution < -0.4 is 14.4 Å². The van der Waals surface area contributed by atoms with Crippen molar-refractivity contribution in [2.24, 2.45) is 0 Å². The topological polar surface area (TPSA) is 75.7 Å². The van der Waals surface area contributed by atoms with Crippen molar-refractivity contribution >= 4 is 33.2 Å². The molecule has 0 unspecified atom stereocenters. The summed E-state index contributed by atoms with van der Waals surface area (Å²) < 4.78 is 44.0. The average Bonchev–Trinajstić information content (AvgIpc) is 2.59. The second kappa shape index (κ2) is 9.25. The van der Waals surface area contributed by atoms with Gasteiger partial charge in [0.05, 0.1) is 23.1 Å². The van der Waals surface area contributed by atoms with Gasteiger partial charge in [0.15, 0.2) is 0 Å². The molecule has 1 N–H and O–H groups in total. The summed E-state index contributed by atoms with van der Waals surface area (Å²) in [7, 11) is -3.77. The van der Waals surface area contributed by atoms with Crippen molar-refractivity contribution < 1.29 is 22.3 Å². The van der Waals surface area contributed by atoms with Crippen LogP contribution in [0.25, 0.3) is 0 Å². The van der Waals surface area contributed by atoms with Crippen molar-refractivity contribution in [3.05, 3.63) is 58.9 Å². The lowest BCUT2D eigenvalue weighted by molar-refractivity contribution is -0.119. The van der Waals surface area contributed by atoms with Crippen molar-refractivity contribution in [3.63, 3.8) is 0 Å². The van der Waals surface area contributed by atoms with Gasteiger partial charge in [-0.3, -0.25) is 9.10 Å². The first-order valence-electron chi connectivity index (χ1n) is 8.51. The number of hydrogen-bond acceptors (Lipinski definition) is 4. The second-order valence-corrected chi connectivity index (χ2v) is 8.77. The zero-order chi connectivity index (χ0) is 20.9. The smallest absolute Gasteiger partial charge is 0.241 e. The number of rotatable bonds is 8. The molecule has 0 aliphatic carbocycles. The largest absolute Gasteiger partial charge is 0.491 e. The normalized spacial score (nSPS) is 11.4. The number of nitrogens with one attached hydrogen (secondary N) is 1. The van der Waals surface area contributed by atoms with Crippen molar-refractivity contribution in [2.75, 3.05) is 17.1 Å². The number of sulfonamides is 1. The Hall–Kier alpha value is -2.32. The Morgan fingerprint density at radius 3 is 2.57 bits per heavy atom. The Kier molecular flexibility index (Phi) is 7.26. The van der Waals surface area contributed by atoms with Crippen molar-refractivity contribution in [2.45, 2.75) is 26.5 Å². The van der Waals surface area contributed by atoms with Gasteiger partial charge in [0.25, 0.3) is 0 Å². The summed E-state index contributed by atoms with van der Waals surface area (Å²) in [5.74, 6) is -0.506. The lowest BCUT2D eigenvalue weighted by Crippen LogP contribution is -2.40. The van der Waals surface area contributed by atoms with Gasteiger partial charge < -0.3 is 10.1 Å². The van der Waals surface area contributed by atoms with E-state index in [2.05, 4.69) is 5.32 Å². The number of anilines is 1. The molecule has 152 valence electrons. The molecule has 9 heteroatoms. The van der Waals surface area contributed by atoms with E-state index in [1.54, 1.807) is 6.07 Å². The van der Waals surface area contributed by atoms with Crippen LogP contribution in [0.15, 0.2) is 42.5 Å². The zero-order valence-electron chi connectivity index (χ0n) is 15.8. The van der Waals surface area contributed by atoms with Gasteiger partial charge in [-0.05, 0) is 49.7 Å².